The van der Waals surface area contributed by atoms with E-state index in [0.717, 1.165) is 16.9 Å². The van der Waals surface area contributed by atoms with Crippen molar-refractivity contribution in [2.45, 2.75) is 26.9 Å². The number of benzene rings is 1. The van der Waals surface area contributed by atoms with Crippen LogP contribution in [0, 0.1) is 24.2 Å². The number of nitrogens with one attached hydrogen (secondary N) is 1. The van der Waals surface area contributed by atoms with Gasteiger partial charge >= 0.3 is 0 Å². The maximum absolute atomic E-state index is 13.0. The average molecular weight is 322 g/mol. The normalized spacial score (nSPS) is 16.8. The molecule has 1 aliphatic rings. The molecule has 0 unspecified atom stereocenters. The molecule has 1 N–H and O–H groups in total. The molecule has 124 valence electrons. The van der Waals surface area contributed by atoms with Crippen molar-refractivity contribution in [3.63, 3.8) is 0 Å². The molecule has 0 radical (unpaired) electrons. The second-order valence-corrected chi connectivity index (χ2v) is 6.68. The topological polar surface area (TPSA) is 61.1 Å². The number of nitrogens with zero attached hydrogens (tertiary/aromatic N) is 3. The third-order valence-corrected chi connectivity index (χ3v) is 4.57. The summed E-state index contributed by atoms with van der Waals surface area (Å²) in [5.41, 5.74) is 4.10. The van der Waals surface area contributed by atoms with Gasteiger partial charge in [-0.05, 0) is 31.0 Å². The number of carbonyl (C=O) groups is 1. The Hall–Kier alpha value is -2.74. The van der Waals surface area contributed by atoms with Crippen LogP contribution in [-0.4, -0.2) is 21.9 Å². The van der Waals surface area contributed by atoms with Gasteiger partial charge in [0.1, 0.15) is 17.9 Å². The molecule has 0 bridgehead atoms. The van der Waals surface area contributed by atoms with Gasteiger partial charge in [-0.15, -0.1) is 0 Å². The molecule has 1 atom stereocenters. The van der Waals surface area contributed by atoms with Crippen LogP contribution in [0.2, 0.25) is 0 Å². The number of hydrogen-bond acceptors (Lipinski definition) is 3. The monoisotopic (exact) mass is 322 g/mol. The molecule has 24 heavy (non-hydrogen) atoms. The van der Waals surface area contributed by atoms with Crippen molar-refractivity contribution >= 4 is 11.6 Å². The van der Waals surface area contributed by atoms with Crippen LogP contribution in [0.5, 0.6) is 0 Å². The zero-order valence-electron chi connectivity index (χ0n) is 14.5. The minimum absolute atomic E-state index is 0.0322. The summed E-state index contributed by atoms with van der Waals surface area (Å²) in [4.78, 5) is 14.9. The Labute approximate surface area is 142 Å². The first kappa shape index (κ1) is 16.1. The van der Waals surface area contributed by atoms with Gasteiger partial charge in [-0.1, -0.05) is 26.0 Å². The van der Waals surface area contributed by atoms with E-state index in [2.05, 4.69) is 25.2 Å². The summed E-state index contributed by atoms with van der Waals surface area (Å²) in [7, 11) is 1.88. The number of amides is 1. The lowest BCUT2D eigenvalue weighted by Crippen LogP contribution is -2.44. The lowest BCUT2D eigenvalue weighted by atomic mass is 10.0. The molecule has 0 spiro atoms. The van der Waals surface area contributed by atoms with Crippen molar-refractivity contribution in [2.75, 3.05) is 11.9 Å². The zero-order valence-corrected chi connectivity index (χ0v) is 14.5. The summed E-state index contributed by atoms with van der Waals surface area (Å²) in [6.45, 7) is 6.84. The Kier molecular flexibility index (Phi) is 4.06. The Morgan fingerprint density at radius 2 is 2.04 bits per heavy atom. The first-order valence-electron chi connectivity index (χ1n) is 8.17. The van der Waals surface area contributed by atoms with E-state index in [4.69, 9.17) is 0 Å². The number of carbonyl (C=O) groups excluding carboxylic acids is 1. The van der Waals surface area contributed by atoms with Crippen LogP contribution in [0.15, 0.2) is 30.3 Å². The van der Waals surface area contributed by atoms with Gasteiger partial charge in [-0.2, -0.15) is 5.26 Å². The quantitative estimate of drug-likeness (QED) is 0.942. The molecule has 1 amide bonds. The van der Waals surface area contributed by atoms with E-state index in [0.29, 0.717) is 23.7 Å². The highest BCUT2D eigenvalue weighted by atomic mass is 16.2. The molecule has 0 saturated carbocycles. The highest BCUT2D eigenvalue weighted by molar-refractivity contribution is 6.01. The Bertz CT molecular complexity index is 828. The number of hydrogen-bond donors (Lipinski definition) is 1. The van der Waals surface area contributed by atoms with Gasteiger partial charge in [0, 0.05) is 30.5 Å². The van der Waals surface area contributed by atoms with Crippen molar-refractivity contribution in [1.82, 2.24) is 9.47 Å². The van der Waals surface area contributed by atoms with Gasteiger partial charge in [0.15, 0.2) is 0 Å². The average Bonchev–Trinajstić information content (AvgIpc) is 2.85. The highest BCUT2D eigenvalue weighted by Crippen LogP contribution is 2.35. The van der Waals surface area contributed by atoms with Crippen LogP contribution in [-0.2, 0) is 7.05 Å². The maximum Gasteiger partial charge on any atom is 0.257 e. The number of para-hydroxylation sites is 1. The van der Waals surface area contributed by atoms with E-state index < -0.39 is 0 Å². The predicted octanol–water partition coefficient (Wildman–Crippen LogP) is 3.43. The Balaban J connectivity index is 2.11. The van der Waals surface area contributed by atoms with Gasteiger partial charge in [0.25, 0.3) is 5.91 Å². The van der Waals surface area contributed by atoms with Crippen molar-refractivity contribution in [3.8, 4) is 6.07 Å². The number of aromatic nitrogens is 1. The van der Waals surface area contributed by atoms with E-state index in [1.165, 1.54) is 0 Å². The predicted molar refractivity (Wildman–Crippen MR) is 93.5 cm³/mol. The number of fused-ring (bicyclic) bond motifs is 1. The Morgan fingerprint density at radius 3 is 2.67 bits per heavy atom. The van der Waals surface area contributed by atoms with E-state index in [1.54, 1.807) is 0 Å². The molecule has 0 aliphatic carbocycles. The lowest BCUT2D eigenvalue weighted by Gasteiger charge is -2.39. The van der Waals surface area contributed by atoms with E-state index >= 15 is 0 Å². The van der Waals surface area contributed by atoms with Crippen LogP contribution < -0.4 is 5.32 Å². The minimum Gasteiger partial charge on any atom is -0.361 e. The second kappa shape index (κ2) is 6.04. The van der Waals surface area contributed by atoms with Crippen LogP contribution in [0.1, 0.15) is 47.3 Å². The van der Waals surface area contributed by atoms with Crippen LogP contribution >= 0.6 is 0 Å². The van der Waals surface area contributed by atoms with Gasteiger partial charge in [-0.3, -0.25) is 4.79 Å². The molecule has 0 fully saturated rings. The standard InChI is InChI=1S/C19H22N4O/c1-12(2)11-23-18(16-9-14(10-20)22(4)13(16)3)21-17-8-6-5-7-15(17)19(23)24/h5-9,12,18,21H,11H2,1-4H3/t18-/m0/s1. The van der Waals surface area contributed by atoms with Crippen molar-refractivity contribution < 1.29 is 4.79 Å². The van der Waals surface area contributed by atoms with Crippen LogP contribution in [0.25, 0.3) is 0 Å². The largest absolute Gasteiger partial charge is 0.361 e. The highest BCUT2D eigenvalue weighted by Gasteiger charge is 2.34. The second-order valence-electron chi connectivity index (χ2n) is 6.68. The molecular weight excluding hydrogens is 300 g/mol. The molecule has 1 aromatic heterocycles. The molecular formula is C19H22N4O. The zero-order chi connectivity index (χ0) is 17.4. The maximum atomic E-state index is 13.0. The summed E-state index contributed by atoms with van der Waals surface area (Å²) in [5.74, 6) is 0.382. The summed E-state index contributed by atoms with van der Waals surface area (Å²) in [6.07, 6.45) is -0.261. The van der Waals surface area contributed by atoms with E-state index in [1.807, 2.05) is 53.8 Å². The number of anilines is 1. The lowest BCUT2D eigenvalue weighted by molar-refractivity contribution is 0.0657. The molecule has 5 heteroatoms. The fourth-order valence-corrected chi connectivity index (χ4v) is 3.23. The summed E-state index contributed by atoms with van der Waals surface area (Å²) >= 11 is 0. The summed E-state index contributed by atoms with van der Waals surface area (Å²) in [5, 5.41) is 12.8. The van der Waals surface area contributed by atoms with E-state index in [9.17, 15) is 10.1 Å². The van der Waals surface area contributed by atoms with Crippen LogP contribution in [0.4, 0.5) is 5.69 Å². The fourth-order valence-electron chi connectivity index (χ4n) is 3.23. The SMILES string of the molecule is Cc1c([C@H]2Nc3ccccc3C(=O)N2CC(C)C)cc(C#N)n1C. The van der Waals surface area contributed by atoms with Crippen molar-refractivity contribution in [3.05, 3.63) is 52.8 Å². The molecule has 3 rings (SSSR count). The summed E-state index contributed by atoms with van der Waals surface area (Å²) < 4.78 is 1.87. The third-order valence-electron chi connectivity index (χ3n) is 4.57. The molecule has 2 aromatic rings. The first-order valence-corrected chi connectivity index (χ1v) is 8.17. The van der Waals surface area contributed by atoms with Crippen molar-refractivity contribution in [2.24, 2.45) is 13.0 Å². The number of nitriles is 1. The van der Waals surface area contributed by atoms with Gasteiger partial charge in [0.05, 0.1) is 5.56 Å². The molecule has 5 nitrogen and oxygen atoms in total. The smallest absolute Gasteiger partial charge is 0.257 e. The minimum atomic E-state index is -0.261. The van der Waals surface area contributed by atoms with Gasteiger partial charge < -0.3 is 14.8 Å². The molecule has 2 heterocycles. The first-order chi connectivity index (χ1) is 11.4. The molecule has 1 aliphatic heterocycles. The third kappa shape index (κ3) is 2.54. The van der Waals surface area contributed by atoms with E-state index in [-0.39, 0.29) is 12.1 Å². The van der Waals surface area contributed by atoms with Crippen LogP contribution in [0.3, 0.4) is 0 Å². The fraction of sp³-hybridized carbons (Fsp3) is 0.368. The van der Waals surface area contributed by atoms with Crippen molar-refractivity contribution in [1.29, 1.82) is 5.26 Å². The summed E-state index contributed by atoms with van der Waals surface area (Å²) in [6, 6.07) is 11.7. The number of rotatable bonds is 3. The van der Waals surface area contributed by atoms with Gasteiger partial charge in [-0.25, -0.2) is 0 Å². The molecule has 0 saturated heterocycles. The van der Waals surface area contributed by atoms with Gasteiger partial charge in [0.2, 0.25) is 0 Å². The molecule has 1 aromatic carbocycles. The Morgan fingerprint density at radius 1 is 1.33 bits per heavy atom.